The predicted octanol–water partition coefficient (Wildman–Crippen LogP) is 9.24. The number of hydrogen-bond donors (Lipinski definition) is 2. The van der Waals surface area contributed by atoms with Crippen molar-refractivity contribution in [3.8, 4) is 5.75 Å². The number of nitrogens with one attached hydrogen (secondary N) is 1. The first kappa shape index (κ1) is 51.5. The van der Waals surface area contributed by atoms with Gasteiger partial charge < -0.3 is 43.6 Å². The number of carbonyl (C=O) groups is 3. The Kier molecular flexibility index (Phi) is 14.8. The molecule has 5 aromatic rings. The van der Waals surface area contributed by atoms with Gasteiger partial charge in [0.15, 0.2) is 29.0 Å². The molecule has 2 fully saturated rings. The van der Waals surface area contributed by atoms with Crippen LogP contribution in [0.25, 0.3) is 11.2 Å². The number of amides is 2. The number of aliphatic hydroxyl groups is 1. The molecule has 70 heavy (non-hydrogen) atoms. The maximum Gasteiger partial charge on any atom is 0.420 e. The number of aliphatic hydroxyl groups excluding tert-OH is 1. The number of nitrogens with zero attached hydrogens (tertiary/aromatic N) is 5. The molecule has 2 aliphatic heterocycles. The summed E-state index contributed by atoms with van der Waals surface area (Å²) in [6.45, 7) is 18.1. The molecule has 7 rings (SSSR count). The van der Waals surface area contributed by atoms with Crippen LogP contribution < -0.4 is 10.1 Å². The largest absolute Gasteiger partial charge is 0.497 e. The third-order valence-electron chi connectivity index (χ3n) is 11.5. The highest BCUT2D eigenvalue weighted by molar-refractivity contribution is 5.94. The van der Waals surface area contributed by atoms with Gasteiger partial charge in [0.05, 0.1) is 20.0 Å². The molecule has 0 spiro atoms. The molecule has 4 heterocycles. The molecule has 5 atom stereocenters. The topological polar surface area (TPSA) is 195 Å². The van der Waals surface area contributed by atoms with Crippen molar-refractivity contribution >= 4 is 35.1 Å². The van der Waals surface area contributed by atoms with Crippen LogP contribution in [0, 0.1) is 0 Å². The maximum absolute atomic E-state index is 14.0. The van der Waals surface area contributed by atoms with Crippen LogP contribution >= 0.6 is 0 Å². The summed E-state index contributed by atoms with van der Waals surface area (Å²) in [4.78, 5) is 56.6. The monoisotopic (exact) mass is 962 g/mol. The van der Waals surface area contributed by atoms with E-state index in [-0.39, 0.29) is 12.8 Å². The van der Waals surface area contributed by atoms with Gasteiger partial charge in [-0.2, -0.15) is 4.90 Å². The van der Waals surface area contributed by atoms with Crippen LogP contribution in [0.15, 0.2) is 109 Å². The Morgan fingerprint density at radius 2 is 1.31 bits per heavy atom. The summed E-state index contributed by atoms with van der Waals surface area (Å²) in [6.07, 6.45) is -0.428. The Morgan fingerprint density at radius 1 is 0.771 bits per heavy atom. The lowest BCUT2D eigenvalue weighted by Gasteiger charge is -2.37. The van der Waals surface area contributed by atoms with E-state index in [1.165, 1.54) is 6.33 Å². The number of hydrogen-bond acceptors (Lipinski definition) is 15. The van der Waals surface area contributed by atoms with Gasteiger partial charge in [0, 0.05) is 0 Å². The lowest BCUT2D eigenvalue weighted by molar-refractivity contribution is -0.191. The zero-order chi connectivity index (χ0) is 50.8. The minimum atomic E-state index is -1.50. The molecule has 374 valence electrons. The summed E-state index contributed by atoms with van der Waals surface area (Å²) in [5.74, 6) is -0.709. The second-order valence-corrected chi connectivity index (χ2v) is 20.8. The number of carbonyl (C=O) groups excluding carboxylic acids is 3. The van der Waals surface area contributed by atoms with Gasteiger partial charge in [0.1, 0.15) is 58.8 Å². The Morgan fingerprint density at radius 3 is 1.84 bits per heavy atom. The molecule has 0 radical (unpaired) electrons. The summed E-state index contributed by atoms with van der Waals surface area (Å²) in [6, 6.07) is 26.6. The third kappa shape index (κ3) is 11.6. The number of ether oxygens (including phenoxy) is 7. The summed E-state index contributed by atoms with van der Waals surface area (Å²) in [5, 5.41) is 14.7. The second kappa shape index (κ2) is 20.1. The average molecular weight is 963 g/mol. The number of imidazole rings is 1. The molecule has 17 nitrogen and oxygen atoms in total. The fourth-order valence-corrected chi connectivity index (χ4v) is 8.65. The van der Waals surface area contributed by atoms with E-state index in [0.29, 0.717) is 33.2 Å². The SMILES string of the molecule is COc1ccc(C(Nc2ncnc3c2ncn3[C@@H]2O[C@H](/C=C(\CO)CCC(C(=O)OC(C)(C)C)N(C(=O)OC(C)(C)C)C(=O)OC(C)(C)C)[C@H]3OC(C)(C)O[C@H]32)(c2ccccc2)c2ccccc2)cc1. The van der Waals surface area contributed by atoms with Crippen LogP contribution in [-0.2, 0) is 38.8 Å². The molecule has 3 aromatic carbocycles. The summed E-state index contributed by atoms with van der Waals surface area (Å²) in [7, 11) is 1.63. The Hall–Kier alpha value is -6.40. The van der Waals surface area contributed by atoms with Crippen molar-refractivity contribution < 1.29 is 52.6 Å². The normalized spacial score (nSPS) is 19.8. The highest BCUT2D eigenvalue weighted by Gasteiger charge is 2.56. The van der Waals surface area contributed by atoms with Crippen molar-refractivity contribution in [1.29, 1.82) is 0 Å². The van der Waals surface area contributed by atoms with E-state index in [1.807, 2.05) is 74.5 Å². The average Bonchev–Trinajstić information content (AvgIpc) is 3.96. The van der Waals surface area contributed by atoms with Crippen molar-refractivity contribution in [3.63, 3.8) is 0 Å². The minimum absolute atomic E-state index is 0.0176. The Bertz CT molecular complexity index is 2580. The van der Waals surface area contributed by atoms with Crippen molar-refractivity contribution in [2.24, 2.45) is 0 Å². The molecule has 0 saturated carbocycles. The number of aromatic nitrogens is 4. The number of rotatable bonds is 14. The molecule has 2 saturated heterocycles. The number of imide groups is 1. The van der Waals surface area contributed by atoms with Crippen molar-refractivity contribution in [3.05, 3.63) is 126 Å². The minimum Gasteiger partial charge on any atom is -0.497 e. The van der Waals surface area contributed by atoms with Gasteiger partial charge in [0.25, 0.3) is 0 Å². The van der Waals surface area contributed by atoms with Gasteiger partial charge in [-0.3, -0.25) is 4.57 Å². The van der Waals surface area contributed by atoms with Crippen molar-refractivity contribution in [2.45, 2.75) is 148 Å². The molecule has 2 aliphatic rings. The molecule has 2 amide bonds. The Labute approximate surface area is 409 Å². The van der Waals surface area contributed by atoms with Gasteiger partial charge in [-0.05, 0) is 123 Å². The van der Waals surface area contributed by atoms with Crippen LogP contribution in [0.4, 0.5) is 15.4 Å². The van der Waals surface area contributed by atoms with Gasteiger partial charge in [-0.25, -0.2) is 29.3 Å². The van der Waals surface area contributed by atoms with Crippen LogP contribution in [0.5, 0.6) is 5.75 Å². The first-order chi connectivity index (χ1) is 32.9. The van der Waals surface area contributed by atoms with Crippen molar-refractivity contribution in [2.75, 3.05) is 19.0 Å². The number of methoxy groups -OCH3 is 1. The van der Waals surface area contributed by atoms with E-state index >= 15 is 0 Å². The number of benzene rings is 3. The molecule has 2 aromatic heterocycles. The third-order valence-corrected chi connectivity index (χ3v) is 11.5. The first-order valence-corrected chi connectivity index (χ1v) is 23.4. The molecular weight excluding hydrogens is 897 g/mol. The number of anilines is 1. The highest BCUT2D eigenvalue weighted by atomic mass is 16.8. The summed E-state index contributed by atoms with van der Waals surface area (Å²) >= 11 is 0. The standard InChI is InChI=1S/C53H66N6O11/c1-49(2,3)68-46(61)38(59(47(62)69-50(4,5)6)48(63)70-51(7,8)9)28-23-33(30-60)29-39-41-42(67-52(10,11)66-41)45(65-39)58-32-56-40-43(54-31-55-44(40)58)57-53(34-19-15-13-16-20-34,35-21-17-14-18-22-35)36-24-26-37(64-12)27-25-36/h13-22,24-27,29,31-32,38-39,41-42,45,60H,23,28,30H2,1-12H3,(H,54,55,57)/b33-29-/t38?,39-,41-,42-,45-/m1/s1. The van der Waals surface area contributed by atoms with E-state index < -0.39 is 83.5 Å². The van der Waals surface area contributed by atoms with Gasteiger partial charge in [-0.1, -0.05) is 78.9 Å². The molecule has 0 aliphatic carbocycles. The maximum atomic E-state index is 14.0. The van der Waals surface area contributed by atoms with E-state index in [4.69, 9.17) is 48.1 Å². The predicted molar refractivity (Wildman–Crippen MR) is 261 cm³/mol. The molecular formula is C53H66N6O11. The van der Waals surface area contributed by atoms with Crippen LogP contribution in [0.2, 0.25) is 0 Å². The second-order valence-electron chi connectivity index (χ2n) is 20.8. The van der Waals surface area contributed by atoms with Crippen LogP contribution in [0.3, 0.4) is 0 Å². The first-order valence-electron chi connectivity index (χ1n) is 23.4. The highest BCUT2D eigenvalue weighted by Crippen LogP contribution is 2.46. The fourth-order valence-electron chi connectivity index (χ4n) is 8.65. The molecule has 1 unspecified atom stereocenters. The van der Waals surface area contributed by atoms with E-state index in [2.05, 4.69) is 29.6 Å². The lowest BCUT2D eigenvalue weighted by Crippen LogP contribution is -2.53. The van der Waals surface area contributed by atoms with Gasteiger partial charge in [-0.15, -0.1) is 0 Å². The zero-order valence-electron chi connectivity index (χ0n) is 42.1. The molecule has 2 N–H and O–H groups in total. The summed E-state index contributed by atoms with van der Waals surface area (Å²) < 4.78 is 44.1. The number of fused-ring (bicyclic) bond motifs is 2. The Balaban J connectivity index is 1.23. The van der Waals surface area contributed by atoms with E-state index in [9.17, 15) is 19.5 Å². The van der Waals surface area contributed by atoms with Crippen LogP contribution in [-0.4, -0.2) is 108 Å². The smallest absolute Gasteiger partial charge is 0.420 e. The van der Waals surface area contributed by atoms with Gasteiger partial charge >= 0.3 is 18.2 Å². The molecule has 0 bridgehead atoms. The van der Waals surface area contributed by atoms with E-state index in [0.717, 1.165) is 16.7 Å². The van der Waals surface area contributed by atoms with Crippen molar-refractivity contribution in [1.82, 2.24) is 24.4 Å². The van der Waals surface area contributed by atoms with E-state index in [1.54, 1.807) is 86.4 Å². The molecule has 17 heteroatoms. The fraction of sp³-hybridized carbons (Fsp3) is 0.472. The zero-order valence-corrected chi connectivity index (χ0v) is 42.1. The number of esters is 1. The quantitative estimate of drug-likeness (QED) is 0.0462. The summed E-state index contributed by atoms with van der Waals surface area (Å²) in [5.41, 5.74) is 0.197. The van der Waals surface area contributed by atoms with Crippen LogP contribution in [0.1, 0.15) is 112 Å². The van der Waals surface area contributed by atoms with Gasteiger partial charge in [0.2, 0.25) is 0 Å². The lowest BCUT2D eigenvalue weighted by atomic mass is 9.77.